The highest BCUT2D eigenvalue weighted by molar-refractivity contribution is 9.10. The lowest BCUT2D eigenvalue weighted by Crippen LogP contribution is -2.52. The number of carbonyl (C=O) groups is 2. The summed E-state index contributed by atoms with van der Waals surface area (Å²) in [6.07, 6.45) is 1.72. The van der Waals surface area contributed by atoms with E-state index in [4.69, 9.17) is 11.6 Å². The second-order valence-corrected chi connectivity index (χ2v) is 10.9. The van der Waals surface area contributed by atoms with Crippen molar-refractivity contribution in [3.8, 4) is 0 Å². The first-order chi connectivity index (χ1) is 17.3. The molecule has 3 unspecified atom stereocenters. The molecule has 6 rings (SSSR count). The molecule has 0 bridgehead atoms. The first-order valence-corrected chi connectivity index (χ1v) is 12.9. The Hall–Kier alpha value is -3.07. The predicted octanol–water partition coefficient (Wildman–Crippen LogP) is 5.92. The van der Waals surface area contributed by atoms with Crippen LogP contribution in [-0.2, 0) is 10.3 Å². The fourth-order valence-electron chi connectivity index (χ4n) is 6.52. The molecular weight excluding hydrogens is 546 g/mol. The lowest BCUT2D eigenvalue weighted by molar-refractivity contribution is -0.384. The van der Waals surface area contributed by atoms with Crippen molar-refractivity contribution in [2.75, 3.05) is 11.9 Å². The largest absolute Gasteiger partial charge is 0.324 e. The van der Waals surface area contributed by atoms with E-state index in [-0.39, 0.29) is 29.3 Å². The quantitative estimate of drug-likeness (QED) is 0.240. The topological polar surface area (TPSA) is 92.5 Å². The van der Waals surface area contributed by atoms with Gasteiger partial charge in [-0.2, -0.15) is 0 Å². The summed E-state index contributed by atoms with van der Waals surface area (Å²) in [6.45, 7) is 0.678. The number of nitro benzene ring substituents is 1. The molecule has 3 aliphatic rings. The highest BCUT2D eigenvalue weighted by Gasteiger charge is 2.69. The number of anilines is 1. The van der Waals surface area contributed by atoms with Crippen molar-refractivity contribution < 1.29 is 14.5 Å². The monoisotopic (exact) mass is 565 g/mol. The van der Waals surface area contributed by atoms with Gasteiger partial charge in [0.25, 0.3) is 5.69 Å². The number of amides is 1. The molecule has 7 nitrogen and oxygen atoms in total. The smallest absolute Gasteiger partial charge is 0.269 e. The molecule has 2 fully saturated rings. The van der Waals surface area contributed by atoms with Gasteiger partial charge in [0.1, 0.15) is 5.54 Å². The number of benzene rings is 3. The Labute approximate surface area is 220 Å². The summed E-state index contributed by atoms with van der Waals surface area (Å²) < 4.78 is 0.823. The zero-order chi connectivity index (χ0) is 25.2. The minimum Gasteiger partial charge on any atom is -0.324 e. The summed E-state index contributed by atoms with van der Waals surface area (Å²) in [5, 5.41) is 14.9. The number of fused-ring (bicyclic) bond motifs is 4. The lowest BCUT2D eigenvalue weighted by Gasteiger charge is -2.37. The van der Waals surface area contributed by atoms with E-state index in [2.05, 4.69) is 26.1 Å². The molecule has 36 heavy (non-hydrogen) atoms. The molecule has 1 amide bonds. The van der Waals surface area contributed by atoms with Crippen LogP contribution in [0.5, 0.6) is 0 Å². The average Bonchev–Trinajstić information content (AvgIpc) is 3.52. The maximum atomic E-state index is 14.4. The third-order valence-electron chi connectivity index (χ3n) is 7.86. The first-order valence-electron chi connectivity index (χ1n) is 11.7. The Morgan fingerprint density at radius 3 is 2.53 bits per heavy atom. The number of Topliss-reactive ketones (excluding diaryl/α,β-unsaturated/α-hetero) is 1. The molecule has 4 atom stereocenters. The third kappa shape index (κ3) is 3.28. The van der Waals surface area contributed by atoms with E-state index in [0.717, 1.165) is 28.4 Å². The summed E-state index contributed by atoms with van der Waals surface area (Å²) in [5.74, 6) is -1.42. The van der Waals surface area contributed by atoms with Crippen LogP contribution in [0.2, 0.25) is 5.02 Å². The molecular formula is C27H21BrClN3O4. The minimum atomic E-state index is -1.19. The number of nitro groups is 1. The van der Waals surface area contributed by atoms with E-state index in [0.29, 0.717) is 22.8 Å². The maximum Gasteiger partial charge on any atom is 0.269 e. The van der Waals surface area contributed by atoms with Crippen LogP contribution in [0.1, 0.15) is 40.2 Å². The Morgan fingerprint density at radius 2 is 1.83 bits per heavy atom. The number of rotatable bonds is 4. The maximum absolute atomic E-state index is 14.4. The summed E-state index contributed by atoms with van der Waals surface area (Å²) in [5.41, 5.74) is 1.58. The average molecular weight is 567 g/mol. The fraction of sp³-hybridized carbons (Fsp3) is 0.259. The Bertz CT molecular complexity index is 1410. The molecule has 3 aromatic rings. The molecule has 3 aromatic carbocycles. The van der Waals surface area contributed by atoms with Gasteiger partial charge in [0.2, 0.25) is 5.91 Å². The molecule has 182 valence electrons. The second kappa shape index (κ2) is 8.50. The van der Waals surface area contributed by atoms with Gasteiger partial charge < -0.3 is 5.32 Å². The summed E-state index contributed by atoms with van der Waals surface area (Å²) in [4.78, 5) is 41.4. The van der Waals surface area contributed by atoms with Gasteiger partial charge in [0.05, 0.1) is 10.8 Å². The number of nitrogens with one attached hydrogen (secondary N) is 1. The third-order valence-corrected chi connectivity index (χ3v) is 8.61. The number of halogens is 2. The van der Waals surface area contributed by atoms with Gasteiger partial charge in [0.15, 0.2) is 5.78 Å². The van der Waals surface area contributed by atoms with Crippen LogP contribution in [0.4, 0.5) is 11.4 Å². The Balaban J connectivity index is 1.59. The number of hydrogen-bond donors (Lipinski definition) is 1. The summed E-state index contributed by atoms with van der Waals surface area (Å²) in [6, 6.07) is 18.8. The van der Waals surface area contributed by atoms with E-state index in [1.807, 2.05) is 18.2 Å². The van der Waals surface area contributed by atoms with Gasteiger partial charge in [0, 0.05) is 50.4 Å². The number of hydrogen-bond acceptors (Lipinski definition) is 5. The highest BCUT2D eigenvalue weighted by atomic mass is 79.9. The molecule has 0 radical (unpaired) electrons. The SMILES string of the molecule is O=C(c1ccc(Cl)cc1)C1C(c2ccc([N+](=O)[O-])cc2)C2CCCN2[C@@]12C(=O)Nc1ccc(Br)cc12. The molecule has 3 aliphatic heterocycles. The Morgan fingerprint density at radius 1 is 1.11 bits per heavy atom. The van der Waals surface area contributed by atoms with Gasteiger partial charge >= 0.3 is 0 Å². The van der Waals surface area contributed by atoms with Crippen molar-refractivity contribution in [2.45, 2.75) is 30.3 Å². The van der Waals surface area contributed by atoms with Gasteiger partial charge in [-0.25, -0.2) is 0 Å². The predicted molar refractivity (Wildman–Crippen MR) is 139 cm³/mol. The van der Waals surface area contributed by atoms with Crippen LogP contribution in [0, 0.1) is 16.0 Å². The van der Waals surface area contributed by atoms with Crippen molar-refractivity contribution in [3.05, 3.63) is 103 Å². The van der Waals surface area contributed by atoms with E-state index >= 15 is 0 Å². The zero-order valence-corrected chi connectivity index (χ0v) is 21.3. The van der Waals surface area contributed by atoms with Crippen LogP contribution in [-0.4, -0.2) is 34.1 Å². The van der Waals surface area contributed by atoms with Crippen LogP contribution < -0.4 is 5.32 Å². The van der Waals surface area contributed by atoms with Crippen molar-refractivity contribution in [1.82, 2.24) is 4.90 Å². The minimum absolute atomic E-state index is 0.0109. The molecule has 0 aliphatic carbocycles. The van der Waals surface area contributed by atoms with Crippen molar-refractivity contribution in [3.63, 3.8) is 0 Å². The second-order valence-electron chi connectivity index (χ2n) is 9.54. The standard InChI is InChI=1S/C27H21BrClN3O4/c28-17-7-12-21-20(14-17)27(26(34)30-21)24(25(33)16-3-8-18(29)9-4-16)23(22-2-1-13-31(22)27)15-5-10-19(11-6-15)32(35)36/h3-12,14,22-24H,1-2,13H2,(H,30,34)/t22?,23?,24?,27-/m1/s1. The van der Waals surface area contributed by atoms with Crippen LogP contribution in [0.25, 0.3) is 0 Å². The van der Waals surface area contributed by atoms with Crippen LogP contribution in [0.15, 0.2) is 71.2 Å². The molecule has 9 heteroatoms. The van der Waals surface area contributed by atoms with Crippen LogP contribution >= 0.6 is 27.5 Å². The normalized spacial score (nSPS) is 26.6. The summed E-state index contributed by atoms with van der Waals surface area (Å²) in [7, 11) is 0. The summed E-state index contributed by atoms with van der Waals surface area (Å²) >= 11 is 9.66. The lowest BCUT2D eigenvalue weighted by atomic mass is 9.69. The molecule has 2 saturated heterocycles. The molecule has 0 aromatic heterocycles. The molecule has 1 N–H and O–H groups in total. The van der Waals surface area contributed by atoms with Gasteiger partial charge in [-0.15, -0.1) is 0 Å². The highest BCUT2D eigenvalue weighted by Crippen LogP contribution is 2.61. The number of ketones is 1. The van der Waals surface area contributed by atoms with Crippen LogP contribution in [0.3, 0.4) is 0 Å². The first kappa shape index (κ1) is 23.3. The fourth-order valence-corrected chi connectivity index (χ4v) is 7.01. The van der Waals surface area contributed by atoms with Crippen molar-refractivity contribution >= 4 is 50.6 Å². The Kier molecular flexibility index (Phi) is 5.51. The van der Waals surface area contributed by atoms with E-state index < -0.39 is 16.4 Å². The molecule has 0 saturated carbocycles. The van der Waals surface area contributed by atoms with E-state index in [9.17, 15) is 19.7 Å². The van der Waals surface area contributed by atoms with Gasteiger partial charge in [-0.3, -0.25) is 24.6 Å². The van der Waals surface area contributed by atoms with Crippen molar-refractivity contribution in [1.29, 1.82) is 0 Å². The number of carbonyl (C=O) groups excluding carboxylic acids is 2. The number of non-ortho nitro benzene ring substituents is 1. The van der Waals surface area contributed by atoms with E-state index in [1.165, 1.54) is 12.1 Å². The van der Waals surface area contributed by atoms with Gasteiger partial charge in [-0.05, 0) is 67.4 Å². The van der Waals surface area contributed by atoms with Crippen molar-refractivity contribution in [2.24, 2.45) is 5.92 Å². The number of nitrogens with zero attached hydrogens (tertiary/aromatic N) is 2. The van der Waals surface area contributed by atoms with E-state index in [1.54, 1.807) is 36.4 Å². The molecule has 3 heterocycles. The zero-order valence-electron chi connectivity index (χ0n) is 19.0. The van der Waals surface area contributed by atoms with Gasteiger partial charge in [-0.1, -0.05) is 39.7 Å². The molecule has 1 spiro atoms.